The molecule has 0 spiro atoms. The second-order valence-corrected chi connectivity index (χ2v) is 6.76. The minimum Gasteiger partial charge on any atom is -0.254 e. The maximum atomic E-state index is 6.09. The van der Waals surface area contributed by atoms with Crippen molar-refractivity contribution >= 4 is 25.5 Å². The van der Waals surface area contributed by atoms with Crippen LogP contribution in [0.3, 0.4) is 0 Å². The smallest absolute Gasteiger partial charge is 0.0595 e. The lowest BCUT2D eigenvalue weighted by Gasteiger charge is -2.18. The number of hydrogen-bond donors (Lipinski definition) is 0. The van der Waals surface area contributed by atoms with Gasteiger partial charge in [-0.25, -0.2) is 0 Å². The van der Waals surface area contributed by atoms with E-state index in [1.165, 1.54) is 4.91 Å². The molecule has 1 atom stereocenters. The highest BCUT2D eigenvalue weighted by atomic mass is 35.7. The van der Waals surface area contributed by atoms with E-state index in [0.29, 0.717) is 0 Å². The number of allylic oxidation sites excluding steroid dienone is 2. The first-order valence-electron chi connectivity index (χ1n) is 2.73. The molecule has 0 aliphatic carbocycles. The molecule has 0 radical (unpaired) electrons. The van der Waals surface area contributed by atoms with Crippen molar-refractivity contribution in [2.24, 2.45) is 4.99 Å². The first-order chi connectivity index (χ1) is 4.04. The SMILES string of the molecule is CC1=C(C)S(C)(Cl)C=N1. The predicted octanol–water partition coefficient (Wildman–Crippen LogP) is 2.87. The molecule has 0 fully saturated rings. The highest BCUT2D eigenvalue weighted by Gasteiger charge is 2.20. The van der Waals surface area contributed by atoms with E-state index in [1.807, 2.05) is 25.6 Å². The number of rotatable bonds is 0. The molecule has 0 amide bonds. The van der Waals surface area contributed by atoms with Crippen LogP contribution in [0.4, 0.5) is 0 Å². The molecule has 1 rings (SSSR count). The molecular formula is C6H10ClNS. The third kappa shape index (κ3) is 1.14. The first-order valence-corrected chi connectivity index (χ1v) is 5.66. The summed E-state index contributed by atoms with van der Waals surface area (Å²) in [6.07, 6.45) is 2.03. The van der Waals surface area contributed by atoms with Gasteiger partial charge in [0.05, 0.1) is 5.55 Å². The van der Waals surface area contributed by atoms with Crippen molar-refractivity contribution in [3.05, 3.63) is 10.6 Å². The second-order valence-electron chi connectivity index (χ2n) is 2.25. The van der Waals surface area contributed by atoms with Crippen LogP contribution in [0.25, 0.3) is 0 Å². The van der Waals surface area contributed by atoms with E-state index >= 15 is 0 Å². The van der Waals surface area contributed by atoms with Crippen LogP contribution in [0.1, 0.15) is 13.8 Å². The molecule has 1 aliphatic rings. The van der Waals surface area contributed by atoms with E-state index < -0.39 is 9.24 Å². The highest BCUT2D eigenvalue weighted by Crippen LogP contribution is 2.58. The van der Waals surface area contributed by atoms with Crippen molar-refractivity contribution in [1.29, 1.82) is 0 Å². The molecule has 1 nitrogen and oxygen atoms in total. The molecule has 1 unspecified atom stereocenters. The lowest BCUT2D eigenvalue weighted by molar-refractivity contribution is 1.30. The molecule has 52 valence electrons. The van der Waals surface area contributed by atoms with Crippen LogP contribution in [-0.4, -0.2) is 11.8 Å². The fraction of sp³-hybridized carbons (Fsp3) is 0.500. The Morgan fingerprint density at radius 2 is 2.11 bits per heavy atom. The summed E-state index contributed by atoms with van der Waals surface area (Å²) >= 11 is 0. The van der Waals surface area contributed by atoms with Gasteiger partial charge < -0.3 is 0 Å². The van der Waals surface area contributed by atoms with Gasteiger partial charge in [-0.2, -0.15) is 0 Å². The summed E-state index contributed by atoms with van der Waals surface area (Å²) < 4.78 is 0. The van der Waals surface area contributed by atoms with Gasteiger partial charge in [0.2, 0.25) is 0 Å². The van der Waals surface area contributed by atoms with Crippen LogP contribution in [0, 0.1) is 0 Å². The van der Waals surface area contributed by atoms with Gasteiger partial charge in [0.25, 0.3) is 0 Å². The minimum absolute atomic E-state index is 1.09. The van der Waals surface area contributed by atoms with Gasteiger partial charge in [0.1, 0.15) is 0 Å². The summed E-state index contributed by atoms with van der Waals surface area (Å²) in [5.41, 5.74) is 2.95. The number of nitrogens with zero attached hydrogens (tertiary/aromatic N) is 1. The summed E-state index contributed by atoms with van der Waals surface area (Å²) in [6, 6.07) is 0. The van der Waals surface area contributed by atoms with E-state index in [4.69, 9.17) is 10.7 Å². The van der Waals surface area contributed by atoms with Crippen LogP contribution in [0.5, 0.6) is 0 Å². The van der Waals surface area contributed by atoms with Crippen molar-refractivity contribution in [1.82, 2.24) is 0 Å². The fourth-order valence-corrected chi connectivity index (χ4v) is 2.24. The average Bonchev–Trinajstić information content (AvgIpc) is 1.97. The summed E-state index contributed by atoms with van der Waals surface area (Å²) in [7, 11) is 4.98. The molecular weight excluding hydrogens is 154 g/mol. The van der Waals surface area contributed by atoms with Crippen LogP contribution >= 0.6 is 19.9 Å². The molecule has 0 saturated carbocycles. The van der Waals surface area contributed by atoms with E-state index in [9.17, 15) is 0 Å². The monoisotopic (exact) mass is 163 g/mol. The third-order valence-corrected chi connectivity index (χ3v) is 4.48. The van der Waals surface area contributed by atoms with Crippen LogP contribution in [-0.2, 0) is 0 Å². The standard InChI is InChI=1S/C6H10ClNS/c1-5-6(2)9(3,7)4-8-5/h4H,1-3H3. The first kappa shape index (κ1) is 7.16. The molecule has 9 heavy (non-hydrogen) atoms. The van der Waals surface area contributed by atoms with Crippen LogP contribution < -0.4 is 0 Å². The fourth-order valence-electron chi connectivity index (χ4n) is 0.637. The maximum Gasteiger partial charge on any atom is 0.0595 e. The van der Waals surface area contributed by atoms with Crippen LogP contribution in [0.2, 0.25) is 0 Å². The molecule has 1 heterocycles. The van der Waals surface area contributed by atoms with Crippen molar-refractivity contribution in [2.75, 3.05) is 6.26 Å². The number of hydrogen-bond acceptors (Lipinski definition) is 1. The average molecular weight is 164 g/mol. The molecule has 0 bridgehead atoms. The summed E-state index contributed by atoms with van der Waals surface area (Å²) in [4.78, 5) is 5.37. The molecule has 0 saturated heterocycles. The van der Waals surface area contributed by atoms with Gasteiger partial charge >= 0.3 is 0 Å². The third-order valence-electron chi connectivity index (χ3n) is 1.55. The molecule has 0 aromatic carbocycles. The van der Waals surface area contributed by atoms with Gasteiger partial charge in [-0.05, 0) is 20.1 Å². The molecule has 0 N–H and O–H groups in total. The van der Waals surface area contributed by atoms with Gasteiger partial charge in [0, 0.05) is 10.6 Å². The zero-order valence-corrected chi connectivity index (χ0v) is 7.38. The predicted molar refractivity (Wildman–Crippen MR) is 46.2 cm³/mol. The molecule has 1 aliphatic heterocycles. The Balaban J connectivity index is 3.01. The Bertz CT molecular complexity index is 193. The molecule has 0 aromatic rings. The Morgan fingerprint density at radius 1 is 1.56 bits per heavy atom. The van der Waals surface area contributed by atoms with E-state index in [0.717, 1.165) is 5.70 Å². The minimum atomic E-state index is -1.11. The van der Waals surface area contributed by atoms with E-state index in [2.05, 4.69) is 4.99 Å². The topological polar surface area (TPSA) is 12.4 Å². The Morgan fingerprint density at radius 3 is 2.22 bits per heavy atom. The molecule has 3 heteroatoms. The van der Waals surface area contributed by atoms with Crippen molar-refractivity contribution < 1.29 is 0 Å². The largest absolute Gasteiger partial charge is 0.254 e. The Hall–Kier alpha value is 0.0500. The van der Waals surface area contributed by atoms with Gasteiger partial charge in [-0.1, -0.05) is 10.7 Å². The Kier molecular flexibility index (Phi) is 1.61. The maximum absolute atomic E-state index is 6.09. The Labute approximate surface area is 61.6 Å². The summed E-state index contributed by atoms with van der Waals surface area (Å²) in [5, 5.41) is 0. The quantitative estimate of drug-likeness (QED) is 0.521. The zero-order valence-electron chi connectivity index (χ0n) is 5.81. The van der Waals surface area contributed by atoms with Gasteiger partial charge in [0.15, 0.2) is 0 Å². The number of halogens is 1. The summed E-state index contributed by atoms with van der Waals surface area (Å²) in [6.45, 7) is 4.04. The van der Waals surface area contributed by atoms with Crippen molar-refractivity contribution in [3.8, 4) is 0 Å². The van der Waals surface area contributed by atoms with Crippen LogP contribution in [0.15, 0.2) is 15.6 Å². The van der Waals surface area contributed by atoms with E-state index in [1.54, 1.807) is 0 Å². The van der Waals surface area contributed by atoms with Gasteiger partial charge in [-0.3, -0.25) is 4.99 Å². The zero-order chi connectivity index (χ0) is 7.07. The summed E-state index contributed by atoms with van der Waals surface area (Å²) in [5.74, 6) is 0. The van der Waals surface area contributed by atoms with Gasteiger partial charge in [-0.15, -0.1) is 9.24 Å². The second kappa shape index (κ2) is 2.03. The normalized spacial score (nSPS) is 41.3. The lowest BCUT2D eigenvalue weighted by atomic mass is 10.5. The molecule has 0 aromatic heterocycles. The highest BCUT2D eigenvalue weighted by molar-refractivity contribution is 8.62. The lowest BCUT2D eigenvalue weighted by Crippen LogP contribution is -1.85. The van der Waals surface area contributed by atoms with Crippen molar-refractivity contribution in [2.45, 2.75) is 13.8 Å². The van der Waals surface area contributed by atoms with E-state index in [-0.39, 0.29) is 0 Å². The number of aliphatic imine (C=N–C) groups is 1. The van der Waals surface area contributed by atoms with Crippen molar-refractivity contribution in [3.63, 3.8) is 0 Å².